The van der Waals surface area contributed by atoms with Crippen LogP contribution in [-0.4, -0.2) is 53.3 Å². The molecule has 2 N–H and O–H groups in total. The molecule has 32 heavy (non-hydrogen) atoms. The van der Waals surface area contributed by atoms with Crippen LogP contribution >= 0.6 is 0 Å². The molecule has 1 fully saturated rings. The zero-order valence-electron chi connectivity index (χ0n) is 17.2. The highest BCUT2D eigenvalue weighted by atomic mass is 19.4. The number of nitrogens with one attached hydrogen (secondary N) is 2. The lowest BCUT2D eigenvalue weighted by Gasteiger charge is -2.43. The summed E-state index contributed by atoms with van der Waals surface area (Å²) in [5.41, 5.74) is 0.224. The van der Waals surface area contributed by atoms with E-state index in [1.165, 1.54) is 24.4 Å². The molecule has 1 aromatic carbocycles. The third kappa shape index (κ3) is 3.88. The van der Waals surface area contributed by atoms with E-state index in [-0.39, 0.29) is 18.2 Å². The van der Waals surface area contributed by atoms with Gasteiger partial charge in [-0.05, 0) is 25.1 Å². The molecule has 170 valence electrons. The molecular formula is C22H22F4N4O2. The van der Waals surface area contributed by atoms with E-state index in [0.29, 0.717) is 48.8 Å². The molecule has 4 heterocycles. The van der Waals surface area contributed by atoms with Gasteiger partial charge in [0, 0.05) is 36.3 Å². The molecule has 0 radical (unpaired) electrons. The lowest BCUT2D eigenvalue weighted by Crippen LogP contribution is -2.54. The van der Waals surface area contributed by atoms with Crippen molar-refractivity contribution in [2.45, 2.75) is 31.3 Å². The lowest BCUT2D eigenvalue weighted by atomic mass is 9.94. The summed E-state index contributed by atoms with van der Waals surface area (Å²) >= 11 is 0. The number of nitrogens with zero attached hydrogens (tertiary/aromatic N) is 2. The summed E-state index contributed by atoms with van der Waals surface area (Å²) in [7, 11) is 0. The number of rotatable bonds is 3. The highest BCUT2D eigenvalue weighted by molar-refractivity contribution is 5.90. The monoisotopic (exact) mass is 450 g/mol. The van der Waals surface area contributed by atoms with Gasteiger partial charge in [-0.15, -0.1) is 0 Å². The molecule has 0 bridgehead atoms. The Morgan fingerprint density at radius 3 is 2.84 bits per heavy atom. The van der Waals surface area contributed by atoms with E-state index < -0.39 is 17.7 Å². The molecule has 1 saturated heterocycles. The summed E-state index contributed by atoms with van der Waals surface area (Å²) in [6, 6.07) is 6.38. The van der Waals surface area contributed by atoms with Crippen LogP contribution in [0.4, 0.5) is 23.4 Å². The fourth-order valence-corrected chi connectivity index (χ4v) is 4.47. The molecule has 0 aliphatic carbocycles. The van der Waals surface area contributed by atoms with E-state index in [9.17, 15) is 17.6 Å². The van der Waals surface area contributed by atoms with Crippen molar-refractivity contribution in [3.63, 3.8) is 0 Å². The Morgan fingerprint density at radius 1 is 1.22 bits per heavy atom. The SMILES string of the molecule is CC1CN(C2COc3cc(F)ccc3C2Nc2nccc3[nH]c(C(F)(F)F)cc23)CCO1. The van der Waals surface area contributed by atoms with Gasteiger partial charge in [0.25, 0.3) is 0 Å². The molecule has 10 heteroatoms. The largest absolute Gasteiger partial charge is 0.491 e. The number of hydrogen-bond donors (Lipinski definition) is 2. The first kappa shape index (κ1) is 21.0. The number of aromatic nitrogens is 2. The van der Waals surface area contributed by atoms with Gasteiger partial charge in [-0.25, -0.2) is 9.37 Å². The van der Waals surface area contributed by atoms with Crippen molar-refractivity contribution >= 4 is 16.7 Å². The molecule has 3 aromatic rings. The minimum Gasteiger partial charge on any atom is -0.491 e. The molecule has 5 rings (SSSR count). The van der Waals surface area contributed by atoms with Crippen molar-refractivity contribution < 1.29 is 27.0 Å². The number of hydrogen-bond acceptors (Lipinski definition) is 5. The van der Waals surface area contributed by atoms with Gasteiger partial charge in [-0.3, -0.25) is 4.90 Å². The first-order valence-electron chi connectivity index (χ1n) is 10.4. The van der Waals surface area contributed by atoms with Crippen LogP contribution < -0.4 is 10.1 Å². The smallest absolute Gasteiger partial charge is 0.431 e. The Hall–Kier alpha value is -2.85. The Kier molecular flexibility index (Phi) is 5.21. The van der Waals surface area contributed by atoms with E-state index in [1.807, 2.05) is 6.92 Å². The van der Waals surface area contributed by atoms with Gasteiger partial charge in [-0.1, -0.05) is 6.07 Å². The maximum absolute atomic E-state index is 13.8. The van der Waals surface area contributed by atoms with Gasteiger partial charge in [0.05, 0.1) is 30.3 Å². The summed E-state index contributed by atoms with van der Waals surface area (Å²) in [5, 5.41) is 3.68. The van der Waals surface area contributed by atoms with Gasteiger partial charge in [0.2, 0.25) is 0 Å². The van der Waals surface area contributed by atoms with E-state index in [2.05, 4.69) is 20.2 Å². The summed E-state index contributed by atoms with van der Waals surface area (Å²) in [6.07, 6.45) is -3.00. The zero-order chi connectivity index (χ0) is 22.5. The highest BCUT2D eigenvalue weighted by Gasteiger charge is 2.38. The Morgan fingerprint density at radius 2 is 2.06 bits per heavy atom. The second-order valence-electron chi connectivity index (χ2n) is 8.16. The number of halogens is 4. The quantitative estimate of drug-likeness (QED) is 0.581. The van der Waals surface area contributed by atoms with Crippen molar-refractivity contribution in [1.82, 2.24) is 14.9 Å². The maximum Gasteiger partial charge on any atom is 0.431 e. The average molecular weight is 450 g/mol. The summed E-state index contributed by atoms with van der Waals surface area (Å²) in [5.74, 6) is 0.321. The van der Waals surface area contributed by atoms with Crippen LogP contribution in [0.3, 0.4) is 0 Å². The number of pyridine rings is 1. The van der Waals surface area contributed by atoms with Crippen LogP contribution in [-0.2, 0) is 10.9 Å². The standard InChI is InChI=1S/C22H22F4N4O2/c1-12-10-30(6-7-31-12)17-11-32-18-8-13(23)2-3-14(18)20(17)29-21-15-9-19(22(24,25)26)28-16(15)4-5-27-21/h2-5,8-9,12,17,20,28H,6-7,10-11H2,1H3,(H,27,29). The lowest BCUT2D eigenvalue weighted by molar-refractivity contribution is -0.140. The van der Waals surface area contributed by atoms with Crippen LogP contribution in [0.1, 0.15) is 24.2 Å². The zero-order valence-corrected chi connectivity index (χ0v) is 17.2. The van der Waals surface area contributed by atoms with E-state index >= 15 is 0 Å². The minimum atomic E-state index is -4.49. The fraction of sp³-hybridized carbons (Fsp3) is 0.409. The predicted molar refractivity (Wildman–Crippen MR) is 110 cm³/mol. The van der Waals surface area contributed by atoms with E-state index in [4.69, 9.17) is 9.47 Å². The second-order valence-corrected chi connectivity index (χ2v) is 8.16. The van der Waals surface area contributed by atoms with Gasteiger partial charge >= 0.3 is 6.18 Å². The van der Waals surface area contributed by atoms with Crippen LogP contribution in [0.15, 0.2) is 36.5 Å². The van der Waals surface area contributed by atoms with Crippen LogP contribution in [0.25, 0.3) is 10.9 Å². The number of fused-ring (bicyclic) bond motifs is 2. The number of anilines is 1. The number of benzene rings is 1. The van der Waals surface area contributed by atoms with Gasteiger partial charge in [0.15, 0.2) is 0 Å². The fourth-order valence-electron chi connectivity index (χ4n) is 4.47. The molecule has 6 nitrogen and oxygen atoms in total. The van der Waals surface area contributed by atoms with Gasteiger partial charge in [-0.2, -0.15) is 13.2 Å². The van der Waals surface area contributed by atoms with Crippen molar-refractivity contribution in [2.75, 3.05) is 31.6 Å². The highest BCUT2D eigenvalue weighted by Crippen LogP contribution is 2.39. The number of morpholine rings is 1. The third-order valence-electron chi connectivity index (χ3n) is 5.99. The van der Waals surface area contributed by atoms with Crippen LogP contribution in [0.5, 0.6) is 5.75 Å². The number of ether oxygens (including phenoxy) is 2. The number of aromatic amines is 1. The summed E-state index contributed by atoms with van der Waals surface area (Å²) in [4.78, 5) is 8.97. The normalized spacial score (nSPS) is 24.2. The second kappa shape index (κ2) is 7.93. The van der Waals surface area contributed by atoms with E-state index in [1.54, 1.807) is 6.07 Å². The number of alkyl halides is 3. The molecular weight excluding hydrogens is 428 g/mol. The Labute approximate surface area is 181 Å². The molecule has 0 saturated carbocycles. The van der Waals surface area contributed by atoms with Crippen molar-refractivity contribution in [3.8, 4) is 5.75 Å². The van der Waals surface area contributed by atoms with Gasteiger partial charge < -0.3 is 19.8 Å². The molecule has 2 aliphatic heterocycles. The van der Waals surface area contributed by atoms with E-state index in [0.717, 1.165) is 11.6 Å². The molecule has 0 amide bonds. The first-order valence-corrected chi connectivity index (χ1v) is 10.4. The molecule has 2 aromatic heterocycles. The third-order valence-corrected chi connectivity index (χ3v) is 5.99. The molecule has 3 atom stereocenters. The van der Waals surface area contributed by atoms with Gasteiger partial charge in [0.1, 0.15) is 29.7 Å². The molecule has 3 unspecified atom stereocenters. The van der Waals surface area contributed by atoms with Crippen molar-refractivity contribution in [1.29, 1.82) is 0 Å². The summed E-state index contributed by atoms with van der Waals surface area (Å²) < 4.78 is 65.1. The molecule has 2 aliphatic rings. The average Bonchev–Trinajstić information content (AvgIpc) is 3.20. The maximum atomic E-state index is 13.8. The van der Waals surface area contributed by atoms with Crippen LogP contribution in [0.2, 0.25) is 0 Å². The predicted octanol–water partition coefficient (Wildman–Crippen LogP) is 4.36. The topological polar surface area (TPSA) is 62.4 Å². The Bertz CT molecular complexity index is 1130. The Balaban J connectivity index is 1.55. The van der Waals surface area contributed by atoms with Crippen molar-refractivity contribution in [2.24, 2.45) is 0 Å². The van der Waals surface area contributed by atoms with Crippen LogP contribution in [0, 0.1) is 5.82 Å². The molecule has 0 spiro atoms. The summed E-state index contributed by atoms with van der Waals surface area (Å²) in [6.45, 7) is 4.23. The minimum absolute atomic E-state index is 0.0413. The first-order chi connectivity index (χ1) is 15.3. The van der Waals surface area contributed by atoms with Crippen molar-refractivity contribution in [3.05, 3.63) is 53.6 Å². The number of H-pyrrole nitrogens is 1.